The van der Waals surface area contributed by atoms with Crippen LogP contribution in [0.15, 0.2) is 36.5 Å². The van der Waals surface area contributed by atoms with Crippen LogP contribution in [0.3, 0.4) is 0 Å². The van der Waals surface area contributed by atoms with Gasteiger partial charge in [-0.1, -0.05) is 23.2 Å². The summed E-state index contributed by atoms with van der Waals surface area (Å²) in [5.41, 5.74) is 2.70. The first-order valence-corrected chi connectivity index (χ1v) is 5.55. The van der Waals surface area contributed by atoms with Gasteiger partial charge in [0.2, 0.25) is 0 Å². The first kappa shape index (κ1) is 11.2. The van der Waals surface area contributed by atoms with Crippen molar-refractivity contribution in [1.29, 1.82) is 0 Å². The van der Waals surface area contributed by atoms with E-state index in [2.05, 4.69) is 10.3 Å². The molecule has 82 valence electrons. The quantitative estimate of drug-likeness (QED) is 0.871. The van der Waals surface area contributed by atoms with Crippen molar-refractivity contribution >= 4 is 28.9 Å². The van der Waals surface area contributed by atoms with Crippen molar-refractivity contribution in [3.8, 4) is 11.3 Å². The molecule has 1 aromatic heterocycles. The van der Waals surface area contributed by atoms with Crippen molar-refractivity contribution in [1.82, 2.24) is 4.98 Å². The topological polar surface area (TPSA) is 24.9 Å². The van der Waals surface area contributed by atoms with Crippen LogP contribution in [0.4, 0.5) is 5.69 Å². The van der Waals surface area contributed by atoms with Gasteiger partial charge in [0.15, 0.2) is 0 Å². The Bertz CT molecular complexity index is 512. The van der Waals surface area contributed by atoms with Crippen LogP contribution in [-0.4, -0.2) is 12.0 Å². The number of nitrogens with one attached hydrogen (secondary N) is 1. The zero-order valence-corrected chi connectivity index (χ0v) is 10.2. The Labute approximate surface area is 104 Å². The highest BCUT2D eigenvalue weighted by Gasteiger charge is 2.05. The van der Waals surface area contributed by atoms with E-state index < -0.39 is 0 Å². The molecule has 2 aromatic rings. The van der Waals surface area contributed by atoms with Crippen molar-refractivity contribution in [2.75, 3.05) is 12.4 Å². The number of hydrogen-bond donors (Lipinski definition) is 1. The number of nitrogens with zero attached hydrogens (tertiary/aromatic N) is 1. The van der Waals surface area contributed by atoms with Gasteiger partial charge in [0, 0.05) is 29.5 Å². The van der Waals surface area contributed by atoms with Crippen LogP contribution in [-0.2, 0) is 0 Å². The summed E-state index contributed by atoms with van der Waals surface area (Å²) in [5.74, 6) is 0. The molecular weight excluding hydrogens is 243 g/mol. The molecule has 0 spiro atoms. The maximum atomic E-state index is 6.11. The summed E-state index contributed by atoms with van der Waals surface area (Å²) in [6, 6.07) is 9.22. The number of hydrogen-bond acceptors (Lipinski definition) is 2. The highest BCUT2D eigenvalue weighted by atomic mass is 35.5. The predicted octanol–water partition coefficient (Wildman–Crippen LogP) is 4.10. The van der Waals surface area contributed by atoms with E-state index in [0.717, 1.165) is 16.9 Å². The number of rotatable bonds is 2. The lowest BCUT2D eigenvalue weighted by atomic mass is 10.1. The minimum absolute atomic E-state index is 0.605. The molecule has 1 heterocycles. The third-order valence-electron chi connectivity index (χ3n) is 2.26. The van der Waals surface area contributed by atoms with Gasteiger partial charge in [-0.25, -0.2) is 0 Å². The summed E-state index contributed by atoms with van der Waals surface area (Å²) in [6.45, 7) is 0. The van der Waals surface area contributed by atoms with Crippen LogP contribution in [0.2, 0.25) is 10.0 Å². The van der Waals surface area contributed by atoms with Gasteiger partial charge < -0.3 is 5.32 Å². The Balaban J connectivity index is 2.49. The summed E-state index contributed by atoms with van der Waals surface area (Å²) in [5, 5.41) is 4.29. The molecule has 2 rings (SSSR count). The Morgan fingerprint density at radius 2 is 1.94 bits per heavy atom. The fourth-order valence-corrected chi connectivity index (χ4v) is 1.94. The molecule has 0 amide bonds. The number of halogens is 2. The van der Waals surface area contributed by atoms with Crippen LogP contribution in [0.1, 0.15) is 0 Å². The smallest absolute Gasteiger partial charge is 0.0737 e. The first-order chi connectivity index (χ1) is 7.70. The lowest BCUT2D eigenvalue weighted by Crippen LogP contribution is -1.90. The maximum absolute atomic E-state index is 6.11. The van der Waals surface area contributed by atoms with Gasteiger partial charge in [0.25, 0.3) is 0 Å². The van der Waals surface area contributed by atoms with E-state index in [-0.39, 0.29) is 0 Å². The standard InChI is InChI=1S/C12H10Cl2N2/c1-15-9-4-5-16-12(7-9)10-3-2-8(13)6-11(10)14/h2-7H,1H3,(H,15,16). The summed E-state index contributed by atoms with van der Waals surface area (Å²) in [6.07, 6.45) is 1.74. The number of pyridine rings is 1. The molecule has 0 aliphatic rings. The van der Waals surface area contributed by atoms with E-state index in [1.807, 2.05) is 25.2 Å². The molecule has 0 saturated heterocycles. The van der Waals surface area contributed by atoms with E-state index in [4.69, 9.17) is 23.2 Å². The van der Waals surface area contributed by atoms with E-state index in [1.165, 1.54) is 0 Å². The molecule has 1 N–H and O–H groups in total. The summed E-state index contributed by atoms with van der Waals surface area (Å²) < 4.78 is 0. The molecule has 0 fully saturated rings. The zero-order valence-electron chi connectivity index (χ0n) is 8.67. The van der Waals surface area contributed by atoms with Crippen LogP contribution in [0.5, 0.6) is 0 Å². The SMILES string of the molecule is CNc1ccnc(-c2ccc(Cl)cc2Cl)c1. The van der Waals surface area contributed by atoms with E-state index in [0.29, 0.717) is 10.0 Å². The van der Waals surface area contributed by atoms with Gasteiger partial charge in [-0.2, -0.15) is 0 Å². The second-order valence-corrected chi connectivity index (χ2v) is 4.15. The van der Waals surface area contributed by atoms with E-state index >= 15 is 0 Å². The molecule has 16 heavy (non-hydrogen) atoms. The third-order valence-corrected chi connectivity index (χ3v) is 2.80. The Hall–Kier alpha value is -1.25. The Morgan fingerprint density at radius 1 is 1.12 bits per heavy atom. The highest BCUT2D eigenvalue weighted by Crippen LogP contribution is 2.29. The van der Waals surface area contributed by atoms with Gasteiger partial charge >= 0.3 is 0 Å². The Morgan fingerprint density at radius 3 is 2.62 bits per heavy atom. The molecule has 1 aromatic carbocycles. The second kappa shape index (κ2) is 4.73. The van der Waals surface area contributed by atoms with Crippen LogP contribution in [0.25, 0.3) is 11.3 Å². The average Bonchev–Trinajstić information content (AvgIpc) is 2.29. The zero-order chi connectivity index (χ0) is 11.5. The number of benzene rings is 1. The summed E-state index contributed by atoms with van der Waals surface area (Å²) in [4.78, 5) is 4.28. The van der Waals surface area contributed by atoms with E-state index in [9.17, 15) is 0 Å². The number of anilines is 1. The molecule has 0 radical (unpaired) electrons. The van der Waals surface area contributed by atoms with Gasteiger partial charge in [-0.05, 0) is 30.3 Å². The van der Waals surface area contributed by atoms with Gasteiger partial charge in [-0.3, -0.25) is 4.98 Å². The first-order valence-electron chi connectivity index (χ1n) is 4.80. The van der Waals surface area contributed by atoms with Crippen molar-refractivity contribution in [2.24, 2.45) is 0 Å². The molecule has 0 saturated carbocycles. The largest absolute Gasteiger partial charge is 0.388 e. The predicted molar refractivity (Wildman–Crippen MR) is 69.2 cm³/mol. The molecule has 4 heteroatoms. The summed E-state index contributed by atoms with van der Waals surface area (Å²) >= 11 is 12.0. The fourth-order valence-electron chi connectivity index (χ4n) is 1.43. The minimum Gasteiger partial charge on any atom is -0.388 e. The monoisotopic (exact) mass is 252 g/mol. The number of aromatic nitrogens is 1. The lowest BCUT2D eigenvalue weighted by molar-refractivity contribution is 1.31. The second-order valence-electron chi connectivity index (χ2n) is 3.30. The molecule has 0 aliphatic heterocycles. The fraction of sp³-hybridized carbons (Fsp3) is 0.0833. The van der Waals surface area contributed by atoms with Gasteiger partial charge in [0.05, 0.1) is 10.7 Å². The van der Waals surface area contributed by atoms with Crippen molar-refractivity contribution in [3.63, 3.8) is 0 Å². The third kappa shape index (κ3) is 2.29. The molecule has 0 aliphatic carbocycles. The van der Waals surface area contributed by atoms with Crippen molar-refractivity contribution in [2.45, 2.75) is 0 Å². The van der Waals surface area contributed by atoms with Crippen LogP contribution < -0.4 is 5.32 Å². The maximum Gasteiger partial charge on any atom is 0.0737 e. The van der Waals surface area contributed by atoms with Crippen molar-refractivity contribution < 1.29 is 0 Å². The van der Waals surface area contributed by atoms with E-state index in [1.54, 1.807) is 18.3 Å². The Kier molecular flexibility index (Phi) is 3.32. The van der Waals surface area contributed by atoms with Crippen LogP contribution >= 0.6 is 23.2 Å². The molecule has 0 atom stereocenters. The summed E-state index contributed by atoms with van der Waals surface area (Å²) in [7, 11) is 1.86. The average molecular weight is 253 g/mol. The normalized spacial score (nSPS) is 10.2. The highest BCUT2D eigenvalue weighted by molar-refractivity contribution is 6.36. The van der Waals surface area contributed by atoms with Gasteiger partial charge in [-0.15, -0.1) is 0 Å². The van der Waals surface area contributed by atoms with Crippen LogP contribution in [0, 0.1) is 0 Å². The minimum atomic E-state index is 0.605. The van der Waals surface area contributed by atoms with Gasteiger partial charge in [0.1, 0.15) is 0 Å². The molecule has 0 unspecified atom stereocenters. The molecule has 2 nitrogen and oxygen atoms in total. The molecule has 0 bridgehead atoms. The molecular formula is C12H10Cl2N2. The van der Waals surface area contributed by atoms with Crippen molar-refractivity contribution in [3.05, 3.63) is 46.6 Å². The lowest BCUT2D eigenvalue weighted by Gasteiger charge is -2.06.